The van der Waals surface area contributed by atoms with E-state index < -0.39 is 6.10 Å². The van der Waals surface area contributed by atoms with Gasteiger partial charge in [0.1, 0.15) is 18.5 Å². The molecule has 2 unspecified atom stereocenters. The van der Waals surface area contributed by atoms with Gasteiger partial charge in [-0.2, -0.15) is 11.8 Å². The van der Waals surface area contributed by atoms with E-state index in [9.17, 15) is 5.11 Å². The van der Waals surface area contributed by atoms with Crippen LogP contribution in [0.25, 0.3) is 0 Å². The van der Waals surface area contributed by atoms with E-state index in [1.807, 2.05) is 30.0 Å². The zero-order valence-corrected chi connectivity index (χ0v) is 13.0. The molecule has 2 rings (SSSR count). The molecule has 0 saturated carbocycles. The van der Waals surface area contributed by atoms with Gasteiger partial charge in [0.15, 0.2) is 0 Å². The Kier molecular flexibility index (Phi) is 6.70. The van der Waals surface area contributed by atoms with E-state index in [4.69, 9.17) is 4.74 Å². The lowest BCUT2D eigenvalue weighted by Crippen LogP contribution is -2.34. The van der Waals surface area contributed by atoms with Crippen LogP contribution in [0.1, 0.15) is 25.3 Å². The van der Waals surface area contributed by atoms with Crippen LogP contribution in [-0.2, 0) is 6.42 Å². The van der Waals surface area contributed by atoms with Crippen LogP contribution < -0.4 is 10.1 Å². The Morgan fingerprint density at radius 1 is 1.50 bits per heavy atom. The van der Waals surface area contributed by atoms with Crippen molar-refractivity contribution < 1.29 is 9.84 Å². The molecule has 1 aromatic rings. The quantitative estimate of drug-likeness (QED) is 0.773. The molecule has 1 aliphatic rings. The highest BCUT2D eigenvalue weighted by atomic mass is 32.2. The maximum absolute atomic E-state index is 9.92. The van der Waals surface area contributed by atoms with E-state index in [1.165, 1.54) is 24.2 Å². The fourth-order valence-corrected chi connectivity index (χ4v) is 3.56. The molecule has 1 fully saturated rings. The van der Waals surface area contributed by atoms with Gasteiger partial charge >= 0.3 is 0 Å². The fraction of sp³-hybridized carbons (Fsp3) is 0.625. The summed E-state index contributed by atoms with van der Waals surface area (Å²) in [6.45, 7) is 4.06. The maximum atomic E-state index is 9.92. The average molecular weight is 295 g/mol. The highest BCUT2D eigenvalue weighted by Crippen LogP contribution is 2.25. The van der Waals surface area contributed by atoms with Gasteiger partial charge in [-0.15, -0.1) is 0 Å². The Morgan fingerprint density at radius 3 is 3.15 bits per heavy atom. The Bertz CT molecular complexity index is 394. The second-order valence-corrected chi connectivity index (χ2v) is 6.67. The number of hydrogen-bond acceptors (Lipinski definition) is 4. The van der Waals surface area contributed by atoms with Gasteiger partial charge in [0.05, 0.1) is 0 Å². The second kappa shape index (κ2) is 8.55. The molecule has 1 aliphatic heterocycles. The molecule has 112 valence electrons. The number of hydrogen-bond donors (Lipinski definition) is 2. The minimum Gasteiger partial charge on any atom is -0.491 e. The molecule has 3 nitrogen and oxygen atoms in total. The summed E-state index contributed by atoms with van der Waals surface area (Å²) in [5.74, 6) is 2.13. The zero-order chi connectivity index (χ0) is 14.2. The van der Waals surface area contributed by atoms with Crippen molar-refractivity contribution in [2.45, 2.75) is 37.5 Å². The number of rotatable bonds is 8. The molecular formula is C16H25NO2S. The van der Waals surface area contributed by atoms with Crippen LogP contribution in [0.3, 0.4) is 0 Å². The largest absolute Gasteiger partial charge is 0.491 e. The van der Waals surface area contributed by atoms with Crippen molar-refractivity contribution in [3.8, 4) is 5.75 Å². The minimum absolute atomic E-state index is 0.345. The van der Waals surface area contributed by atoms with Crippen LogP contribution in [-0.4, -0.2) is 41.9 Å². The summed E-state index contributed by atoms with van der Waals surface area (Å²) in [6, 6.07) is 8.06. The van der Waals surface area contributed by atoms with Crippen molar-refractivity contribution in [2.24, 2.45) is 0 Å². The molecule has 0 amide bonds. The average Bonchev–Trinajstić information content (AvgIpc) is 2.98. The number of aryl methyl sites for hydroxylation is 1. The molecule has 1 aromatic carbocycles. The monoisotopic (exact) mass is 295 g/mol. The van der Waals surface area contributed by atoms with Gasteiger partial charge in [0.2, 0.25) is 0 Å². The highest BCUT2D eigenvalue weighted by molar-refractivity contribution is 8.00. The van der Waals surface area contributed by atoms with Crippen LogP contribution in [0.2, 0.25) is 0 Å². The van der Waals surface area contributed by atoms with Crippen molar-refractivity contribution in [3.63, 3.8) is 0 Å². The number of nitrogens with one attached hydrogen (secondary N) is 1. The molecule has 0 aliphatic carbocycles. The Labute approximate surface area is 126 Å². The summed E-state index contributed by atoms with van der Waals surface area (Å²) < 4.78 is 5.64. The number of aliphatic hydroxyl groups is 1. The van der Waals surface area contributed by atoms with Crippen molar-refractivity contribution in [2.75, 3.05) is 25.4 Å². The van der Waals surface area contributed by atoms with E-state index in [0.717, 1.165) is 24.0 Å². The molecule has 0 radical (unpaired) electrons. The first kappa shape index (κ1) is 15.7. The van der Waals surface area contributed by atoms with Crippen LogP contribution in [0.15, 0.2) is 24.3 Å². The predicted octanol–water partition coefficient (Wildman–Crippen LogP) is 2.47. The van der Waals surface area contributed by atoms with Crippen molar-refractivity contribution in [1.29, 1.82) is 0 Å². The van der Waals surface area contributed by atoms with Gasteiger partial charge < -0.3 is 15.2 Å². The number of thioether (sulfide) groups is 1. The summed E-state index contributed by atoms with van der Waals surface area (Å²) in [5, 5.41) is 14.0. The van der Waals surface area contributed by atoms with Crippen LogP contribution in [0.5, 0.6) is 5.75 Å². The number of benzene rings is 1. The summed E-state index contributed by atoms with van der Waals surface area (Å²) in [5.41, 5.74) is 1.26. The van der Waals surface area contributed by atoms with Crippen molar-refractivity contribution >= 4 is 11.8 Å². The molecule has 20 heavy (non-hydrogen) atoms. The van der Waals surface area contributed by atoms with Crippen LogP contribution in [0.4, 0.5) is 0 Å². The Morgan fingerprint density at radius 2 is 2.40 bits per heavy atom. The van der Waals surface area contributed by atoms with Gasteiger partial charge in [-0.25, -0.2) is 0 Å². The number of ether oxygens (including phenoxy) is 1. The SMILES string of the molecule is CCc1cccc(OCC(O)CNCC2CCCS2)c1. The molecule has 2 atom stereocenters. The smallest absolute Gasteiger partial charge is 0.119 e. The first-order valence-corrected chi connectivity index (χ1v) is 8.55. The third-order valence-corrected chi connectivity index (χ3v) is 4.92. The normalized spacial score (nSPS) is 20.0. The maximum Gasteiger partial charge on any atom is 0.119 e. The van der Waals surface area contributed by atoms with E-state index in [2.05, 4.69) is 18.3 Å². The van der Waals surface area contributed by atoms with Crippen molar-refractivity contribution in [1.82, 2.24) is 5.32 Å². The summed E-state index contributed by atoms with van der Waals surface area (Å²) in [7, 11) is 0. The molecule has 1 heterocycles. The van der Waals surface area contributed by atoms with Crippen molar-refractivity contribution in [3.05, 3.63) is 29.8 Å². The van der Waals surface area contributed by atoms with Gasteiger partial charge in [-0.3, -0.25) is 0 Å². The molecule has 4 heteroatoms. The third kappa shape index (κ3) is 5.35. The fourth-order valence-electron chi connectivity index (χ4n) is 2.32. The van der Waals surface area contributed by atoms with E-state index in [0.29, 0.717) is 13.2 Å². The topological polar surface area (TPSA) is 41.5 Å². The first-order valence-electron chi connectivity index (χ1n) is 7.50. The van der Waals surface area contributed by atoms with E-state index in [1.54, 1.807) is 0 Å². The van der Waals surface area contributed by atoms with Gasteiger partial charge in [-0.05, 0) is 42.7 Å². The highest BCUT2D eigenvalue weighted by Gasteiger charge is 2.15. The lowest BCUT2D eigenvalue weighted by atomic mass is 10.2. The molecule has 0 spiro atoms. The molecule has 0 aromatic heterocycles. The second-order valence-electron chi connectivity index (χ2n) is 5.26. The van der Waals surface area contributed by atoms with Gasteiger partial charge in [0.25, 0.3) is 0 Å². The molecule has 1 saturated heterocycles. The summed E-state index contributed by atoms with van der Waals surface area (Å²) in [4.78, 5) is 0. The predicted molar refractivity (Wildman–Crippen MR) is 85.7 cm³/mol. The minimum atomic E-state index is -0.452. The van der Waals surface area contributed by atoms with Gasteiger partial charge in [0, 0.05) is 18.3 Å². The molecule has 0 bridgehead atoms. The lowest BCUT2D eigenvalue weighted by Gasteiger charge is -2.15. The standard InChI is InChI=1S/C16H25NO2S/c1-2-13-5-3-6-15(9-13)19-12-14(18)10-17-11-16-7-4-8-20-16/h3,5-6,9,14,16-18H,2,4,7-8,10-12H2,1H3. The van der Waals surface area contributed by atoms with E-state index in [-0.39, 0.29) is 0 Å². The zero-order valence-electron chi connectivity index (χ0n) is 12.2. The molecular weight excluding hydrogens is 270 g/mol. The van der Waals surface area contributed by atoms with Crippen LogP contribution in [0, 0.1) is 0 Å². The Balaban J connectivity index is 1.62. The Hall–Kier alpha value is -0.710. The summed E-state index contributed by atoms with van der Waals surface area (Å²) >= 11 is 2.03. The van der Waals surface area contributed by atoms with Crippen LogP contribution >= 0.6 is 11.8 Å². The third-order valence-electron chi connectivity index (χ3n) is 3.53. The van der Waals surface area contributed by atoms with E-state index >= 15 is 0 Å². The lowest BCUT2D eigenvalue weighted by molar-refractivity contribution is 0.106. The van der Waals surface area contributed by atoms with Gasteiger partial charge in [-0.1, -0.05) is 19.1 Å². The molecule has 2 N–H and O–H groups in total. The first-order chi connectivity index (χ1) is 9.78. The number of aliphatic hydroxyl groups excluding tert-OH is 1. The summed E-state index contributed by atoms with van der Waals surface area (Å²) in [6.07, 6.45) is 3.18.